The quantitative estimate of drug-likeness (QED) is 0.741. The van der Waals surface area contributed by atoms with Gasteiger partial charge in [-0.1, -0.05) is 23.7 Å². The fraction of sp³-hybridized carbons (Fsp3) is 0.412. The monoisotopic (exact) mass is 351 g/mol. The second-order valence-corrected chi connectivity index (χ2v) is 7.16. The van der Waals surface area contributed by atoms with Crippen molar-refractivity contribution in [2.24, 2.45) is 0 Å². The van der Waals surface area contributed by atoms with Crippen LogP contribution in [0.5, 0.6) is 0 Å². The van der Waals surface area contributed by atoms with Crippen molar-refractivity contribution in [3.05, 3.63) is 46.9 Å². The fourth-order valence-corrected chi connectivity index (χ4v) is 3.42. The van der Waals surface area contributed by atoms with E-state index in [2.05, 4.69) is 45.8 Å². The molecule has 1 saturated carbocycles. The Morgan fingerprint density at radius 1 is 1.30 bits per heavy atom. The van der Waals surface area contributed by atoms with Gasteiger partial charge in [0.05, 0.1) is 5.69 Å². The number of hydrogen-bond donors (Lipinski definition) is 1. The largest absolute Gasteiger partial charge is 0.368 e. The average Bonchev–Trinajstić information content (AvgIpc) is 3.35. The zero-order chi connectivity index (χ0) is 16.4. The Bertz CT molecular complexity index is 687. The van der Waals surface area contributed by atoms with E-state index in [1.807, 2.05) is 0 Å². The van der Waals surface area contributed by atoms with Crippen molar-refractivity contribution in [3.63, 3.8) is 0 Å². The topological polar surface area (TPSA) is 37.8 Å². The van der Waals surface area contributed by atoms with Crippen molar-refractivity contribution < 1.29 is 4.39 Å². The number of benzene rings is 1. The van der Waals surface area contributed by atoms with Crippen molar-refractivity contribution in [1.29, 1.82) is 0 Å². The molecule has 1 aliphatic carbocycles. The number of hydrogen-bond acceptors (Lipinski definition) is 4. The molecule has 6 heteroatoms. The van der Waals surface area contributed by atoms with Crippen LogP contribution in [-0.4, -0.2) is 22.8 Å². The van der Waals surface area contributed by atoms with E-state index in [1.54, 1.807) is 11.8 Å². The van der Waals surface area contributed by atoms with Gasteiger partial charge in [0.25, 0.3) is 0 Å². The first-order chi connectivity index (χ1) is 11.1. The summed E-state index contributed by atoms with van der Waals surface area (Å²) in [5.74, 6) is 0.508. The molecule has 1 fully saturated rings. The second-order valence-electron chi connectivity index (χ2n) is 5.90. The second kappa shape index (κ2) is 6.65. The highest BCUT2D eigenvalue weighted by molar-refractivity contribution is 7.98. The number of anilines is 1. The maximum absolute atomic E-state index is 13.5. The molecule has 2 aromatic rings. The normalized spacial score (nSPS) is 16.9. The molecule has 1 heterocycles. The lowest BCUT2D eigenvalue weighted by atomic mass is 9.96. The van der Waals surface area contributed by atoms with Crippen LogP contribution in [0.15, 0.2) is 35.5 Å². The zero-order valence-corrected chi connectivity index (χ0v) is 14.7. The summed E-state index contributed by atoms with van der Waals surface area (Å²) < 4.78 is 13.5. The summed E-state index contributed by atoms with van der Waals surface area (Å²) >= 11 is 7.95. The summed E-state index contributed by atoms with van der Waals surface area (Å²) in [5, 5.41) is 3.56. The summed E-state index contributed by atoms with van der Waals surface area (Å²) in [6.07, 6.45) is 4.48. The molecular weight excluding hydrogens is 333 g/mol. The number of nitrogens with zero attached hydrogens (tertiary/aromatic N) is 2. The van der Waals surface area contributed by atoms with Gasteiger partial charge in [-0.3, -0.25) is 0 Å². The lowest BCUT2D eigenvalue weighted by Gasteiger charge is -2.18. The third-order valence-electron chi connectivity index (χ3n) is 4.34. The highest BCUT2D eigenvalue weighted by atomic mass is 35.5. The molecule has 1 unspecified atom stereocenters. The van der Waals surface area contributed by atoms with Gasteiger partial charge in [-0.2, -0.15) is 0 Å². The molecule has 1 aromatic carbocycles. The van der Waals surface area contributed by atoms with Crippen molar-refractivity contribution >= 4 is 29.2 Å². The number of nitrogens with one attached hydrogen (secondary N) is 1. The predicted octanol–water partition coefficient (Wildman–Crippen LogP) is 5.03. The molecular formula is C17H19ClFN3S. The molecule has 1 N–H and O–H groups in total. The predicted molar refractivity (Wildman–Crippen MR) is 94.2 cm³/mol. The Morgan fingerprint density at radius 3 is 2.57 bits per heavy atom. The molecule has 0 spiro atoms. The number of alkyl halides is 1. The van der Waals surface area contributed by atoms with E-state index in [1.165, 1.54) is 23.7 Å². The van der Waals surface area contributed by atoms with E-state index in [-0.39, 0.29) is 16.1 Å². The number of aromatic nitrogens is 2. The van der Waals surface area contributed by atoms with Crippen molar-refractivity contribution in [3.8, 4) is 0 Å². The molecule has 23 heavy (non-hydrogen) atoms. The van der Waals surface area contributed by atoms with Crippen LogP contribution in [0, 0.1) is 0 Å². The van der Waals surface area contributed by atoms with Gasteiger partial charge in [-0.05, 0) is 43.7 Å². The van der Waals surface area contributed by atoms with E-state index < -0.39 is 6.17 Å². The fourth-order valence-electron chi connectivity index (χ4n) is 2.70. The molecule has 1 atom stereocenters. The zero-order valence-electron chi connectivity index (χ0n) is 13.1. The maximum Gasteiger partial charge on any atom is 0.148 e. The number of thioether (sulfide) groups is 1. The summed E-state index contributed by atoms with van der Waals surface area (Å²) in [7, 11) is 0. The molecule has 3 rings (SSSR count). The van der Waals surface area contributed by atoms with E-state index in [9.17, 15) is 4.39 Å². The smallest absolute Gasteiger partial charge is 0.148 e. The maximum atomic E-state index is 13.5. The van der Waals surface area contributed by atoms with Crippen LogP contribution in [0.3, 0.4) is 0 Å². The van der Waals surface area contributed by atoms with Gasteiger partial charge in [0.2, 0.25) is 0 Å². The molecule has 3 nitrogen and oxygen atoms in total. The Morgan fingerprint density at radius 2 is 2.00 bits per heavy atom. The van der Waals surface area contributed by atoms with E-state index in [4.69, 9.17) is 11.6 Å². The lowest BCUT2D eigenvalue weighted by molar-refractivity contribution is 0.365. The first-order valence-corrected chi connectivity index (χ1v) is 9.19. The Labute approximate surface area is 145 Å². The SMILES string of the molecule is CSc1ccc(C2(CNc3ncnc(C(C)F)c3Cl)CC2)cc1. The number of rotatable bonds is 6. The van der Waals surface area contributed by atoms with Crippen LogP contribution >= 0.6 is 23.4 Å². The lowest BCUT2D eigenvalue weighted by Crippen LogP contribution is -2.20. The van der Waals surface area contributed by atoms with Gasteiger partial charge in [-0.25, -0.2) is 14.4 Å². The highest BCUT2D eigenvalue weighted by Crippen LogP contribution is 2.48. The molecule has 1 aliphatic rings. The molecule has 0 aliphatic heterocycles. The van der Waals surface area contributed by atoms with E-state index >= 15 is 0 Å². The van der Waals surface area contributed by atoms with Crippen molar-refractivity contribution in [2.45, 2.75) is 36.2 Å². The van der Waals surface area contributed by atoms with Crippen LogP contribution in [0.4, 0.5) is 10.2 Å². The van der Waals surface area contributed by atoms with Gasteiger partial charge in [0.1, 0.15) is 23.3 Å². The van der Waals surface area contributed by atoms with Crippen LogP contribution in [0.2, 0.25) is 5.02 Å². The minimum atomic E-state index is -1.21. The summed E-state index contributed by atoms with van der Waals surface area (Å²) in [6.45, 7) is 2.16. The van der Waals surface area contributed by atoms with E-state index in [0.717, 1.165) is 19.4 Å². The van der Waals surface area contributed by atoms with Gasteiger partial charge < -0.3 is 5.32 Å². The third kappa shape index (κ3) is 3.45. The minimum Gasteiger partial charge on any atom is -0.368 e. The van der Waals surface area contributed by atoms with Crippen molar-refractivity contribution in [2.75, 3.05) is 18.1 Å². The van der Waals surface area contributed by atoms with Crippen molar-refractivity contribution in [1.82, 2.24) is 9.97 Å². The van der Waals surface area contributed by atoms with Crippen LogP contribution in [-0.2, 0) is 5.41 Å². The first-order valence-electron chi connectivity index (χ1n) is 7.58. The van der Waals surface area contributed by atoms with Gasteiger partial charge in [0, 0.05) is 16.9 Å². The Balaban J connectivity index is 1.74. The summed E-state index contributed by atoms with van der Waals surface area (Å²) in [6, 6.07) is 8.69. The Kier molecular flexibility index (Phi) is 4.78. The average molecular weight is 352 g/mol. The highest BCUT2D eigenvalue weighted by Gasteiger charge is 2.44. The van der Waals surface area contributed by atoms with Gasteiger partial charge >= 0.3 is 0 Å². The standard InChI is InChI=1S/C17H19ClFN3S/c1-11(19)15-14(18)16(22-10-21-15)20-9-17(7-8-17)12-3-5-13(23-2)6-4-12/h3-6,10-11H,7-9H2,1-2H3,(H,20,21,22). The molecule has 0 saturated heterocycles. The first kappa shape index (κ1) is 16.5. The third-order valence-corrected chi connectivity index (χ3v) is 5.46. The molecule has 122 valence electrons. The summed E-state index contributed by atoms with van der Waals surface area (Å²) in [4.78, 5) is 9.33. The van der Waals surface area contributed by atoms with Crippen LogP contribution in [0.25, 0.3) is 0 Å². The van der Waals surface area contributed by atoms with E-state index in [0.29, 0.717) is 5.82 Å². The minimum absolute atomic E-state index is 0.132. The molecule has 0 amide bonds. The Hall–Kier alpha value is -1.33. The van der Waals surface area contributed by atoms with Crippen LogP contribution in [0.1, 0.15) is 37.2 Å². The van der Waals surface area contributed by atoms with Gasteiger partial charge in [-0.15, -0.1) is 11.8 Å². The molecule has 0 bridgehead atoms. The van der Waals surface area contributed by atoms with Gasteiger partial charge in [0.15, 0.2) is 0 Å². The summed E-state index contributed by atoms with van der Waals surface area (Å²) in [5.41, 5.74) is 1.69. The molecule has 1 aromatic heterocycles. The molecule has 0 radical (unpaired) electrons. The number of halogens is 2. The van der Waals surface area contributed by atoms with Crippen LogP contribution < -0.4 is 5.32 Å².